The number of esters is 2. The number of nitrogens with one attached hydrogen (secondary N) is 5. The van der Waals surface area contributed by atoms with E-state index in [-0.39, 0.29) is 105 Å². The number of aromatic hydroxyl groups is 1. The summed E-state index contributed by atoms with van der Waals surface area (Å²) in [4.78, 5) is 153. The fraction of sp³-hybridized carbons (Fsp3) is 0.323. The van der Waals surface area contributed by atoms with E-state index in [4.69, 9.17) is 53.8 Å². The molecule has 5 aliphatic heterocycles. The van der Waals surface area contributed by atoms with Crippen LogP contribution in [0.15, 0.2) is 87.9 Å². The molecule has 5 aliphatic rings. The van der Waals surface area contributed by atoms with Crippen molar-refractivity contribution in [2.24, 2.45) is 5.73 Å². The number of likely N-dealkylation sites (N-methyl/N-ethyl adjacent to an activating group) is 1. The van der Waals surface area contributed by atoms with Gasteiger partial charge < -0.3 is 80.9 Å². The van der Waals surface area contributed by atoms with Gasteiger partial charge in [-0.15, -0.1) is 56.7 Å². The van der Waals surface area contributed by atoms with Gasteiger partial charge in [-0.3, -0.25) is 33.7 Å². The van der Waals surface area contributed by atoms with Crippen molar-refractivity contribution in [2.45, 2.75) is 114 Å². The second-order valence-electron chi connectivity index (χ2n) is 24.6. The molecule has 11 unspecified atom stereocenters. The first-order valence-corrected chi connectivity index (χ1v) is 36.0. The van der Waals surface area contributed by atoms with Crippen molar-refractivity contribution in [3.63, 3.8) is 0 Å². The third-order valence-corrected chi connectivity index (χ3v) is 22.3. The van der Waals surface area contributed by atoms with Gasteiger partial charge in [0.25, 0.3) is 29.5 Å². The predicted molar refractivity (Wildman–Crippen MR) is 368 cm³/mol. The van der Waals surface area contributed by atoms with Gasteiger partial charge in [0, 0.05) is 67.8 Å². The number of hydrogen-bond donors (Lipinski definition) is 9. The van der Waals surface area contributed by atoms with Gasteiger partial charge in [0.05, 0.1) is 48.8 Å². The summed E-state index contributed by atoms with van der Waals surface area (Å²) in [5.41, 5.74) is 3.20. The maximum atomic E-state index is 15.4. The number of primary amides is 1. The molecule has 13 heterocycles. The second-order valence-corrected chi connectivity index (χ2v) is 29.0. The molecule has 0 aliphatic carbocycles. The van der Waals surface area contributed by atoms with Crippen molar-refractivity contribution >= 4 is 121 Å². The van der Waals surface area contributed by atoms with Crippen LogP contribution in [0.3, 0.4) is 0 Å². The number of carbonyl (C=O) groups is 8. The van der Waals surface area contributed by atoms with Crippen molar-refractivity contribution in [1.29, 1.82) is 0 Å². The Kier molecular flexibility index (Phi) is 19.2. The number of cyclic esters (lactones) is 2. The number of fused-ring (bicyclic) bond motifs is 16. The van der Waals surface area contributed by atoms with Crippen molar-refractivity contribution in [3.8, 4) is 38.4 Å². The maximum absolute atomic E-state index is 15.4. The lowest BCUT2D eigenvalue weighted by Gasteiger charge is -2.45. The van der Waals surface area contributed by atoms with Crippen molar-refractivity contribution in [3.05, 3.63) is 148 Å². The monoisotopic (exact) mass is 1510 g/mol. The normalized spacial score (nSPS) is 24.7. The van der Waals surface area contributed by atoms with Gasteiger partial charge in [-0.1, -0.05) is 18.7 Å². The van der Waals surface area contributed by atoms with Crippen molar-refractivity contribution in [1.82, 2.24) is 76.1 Å². The Morgan fingerprint density at radius 3 is 2.28 bits per heavy atom. The first kappa shape index (κ1) is 70.6. The van der Waals surface area contributed by atoms with Gasteiger partial charge in [-0.25, -0.2) is 49.5 Å². The number of allylic oxidation sites excluding steroid dienone is 1. The first-order chi connectivity index (χ1) is 49.8. The number of pyridine rings is 1. The standard InChI is InChI=1S/C65H60N16O18S5/c1-24(51(66)84)69-52(85)34-20-103-60(74-34)45-39(83)11-30-44(76-45)33-18-101-58(71-33)32-17-96-63(90)47-31-16-94-48(49(64(91)95-15-28-9-8-10-38(41(28)31)81(47)92)98-40-12-65(5)50(27(4)97-40)80(6)62(99-65)29-13-67-23-68-14-29)46(61-75-35(21-104-61)53(86)70-32)79-55(88)37-22-102-59(73-37)43(26(3)93-7)78-56(89)42(25(2)82)77-54(87)36-19-100-57(30)72-36/h8-11,13-14,18-23,25,27,32,40,42,46,48-50,62,82-83,92H,1,12,15-17H2,2-7H3,(H2,66,84)(H,69,85)(H,70,86)(H,77,87)(H,78,89)(H,79,88)/b43-26+. The molecule has 0 radical (unpaired) electrons. The highest BCUT2D eigenvalue weighted by molar-refractivity contribution is 7.14. The molecule has 12 bridgehead atoms. The molecule has 39 heteroatoms. The molecule has 0 spiro atoms. The smallest absolute Gasteiger partial charge is 0.358 e. The Balaban J connectivity index is 0.924. The molecule has 9 aromatic rings. The molecule has 10 N–H and O–H groups in total. The zero-order chi connectivity index (χ0) is 73.3. The van der Waals surface area contributed by atoms with E-state index in [2.05, 4.69) is 58.1 Å². The Morgan fingerprint density at radius 2 is 1.53 bits per heavy atom. The average Bonchev–Trinajstić information content (AvgIpc) is 1.65. The van der Waals surface area contributed by atoms with Crippen LogP contribution in [0.2, 0.25) is 0 Å². The van der Waals surface area contributed by atoms with Gasteiger partial charge in [-0.05, 0) is 52.4 Å². The Labute approximate surface area is 607 Å². The van der Waals surface area contributed by atoms with Crippen LogP contribution in [-0.2, 0) is 60.8 Å². The maximum Gasteiger partial charge on any atom is 0.358 e. The fourth-order valence-electron chi connectivity index (χ4n) is 12.8. The van der Waals surface area contributed by atoms with E-state index in [1.807, 2.05) is 25.8 Å². The number of methoxy groups -OCH3 is 1. The molecule has 538 valence electrons. The number of thiazole rings is 5. The van der Waals surface area contributed by atoms with Crippen LogP contribution in [0.1, 0.15) is 137 Å². The van der Waals surface area contributed by atoms with Crippen LogP contribution in [0.5, 0.6) is 5.75 Å². The lowest BCUT2D eigenvalue weighted by Crippen LogP contribution is -2.58. The Morgan fingerprint density at radius 1 is 0.846 bits per heavy atom. The molecule has 11 atom stereocenters. The zero-order valence-corrected chi connectivity index (χ0v) is 59.4. The number of nitrogens with zero attached hydrogens (tertiary/aromatic N) is 10. The molecule has 0 saturated carbocycles. The summed E-state index contributed by atoms with van der Waals surface area (Å²) in [5, 5.41) is 55.8. The number of nitrogens with two attached hydrogens (primary N) is 1. The topological polar surface area (TPSA) is 459 Å². The lowest BCUT2D eigenvalue weighted by atomic mass is 9.86. The number of carbonyl (C=O) groups excluding carboxylic acids is 8. The number of ether oxygens (including phenoxy) is 7. The van der Waals surface area contributed by atoms with Gasteiger partial charge in [0.2, 0.25) is 5.91 Å². The SMILES string of the molecule is C=C(NC(=O)c1csc(-c2nc3c(cc2O)-c2nc(cs2)C(=O)NC(C(C)O)C(=O)N/C(=C(\C)OC)c2nc(cs2)C(=O)NC2c4nc(cs4)C(=O)NC(COC(=O)c4c5c6c(cccc6n4O)COC(=O)C(OC4CC6(C)OC(c7cncnc7)N(C)C6C(C)O4)C2OC5)c2nc-3cs2)n1)C(N)=O. The Hall–Kier alpha value is -10.5. The van der Waals surface area contributed by atoms with E-state index in [1.165, 1.54) is 66.3 Å². The van der Waals surface area contributed by atoms with Crippen molar-refractivity contribution < 1.29 is 86.9 Å². The number of benzene rings is 1. The summed E-state index contributed by atoms with van der Waals surface area (Å²) in [6.07, 6.45) is -3.14. The van der Waals surface area contributed by atoms with Gasteiger partial charge in [0.1, 0.15) is 132 Å². The molecule has 1 aromatic carbocycles. The predicted octanol–water partition coefficient (Wildman–Crippen LogP) is 4.79. The summed E-state index contributed by atoms with van der Waals surface area (Å²) in [6.45, 7) is 8.11. The number of hydrogen-bond acceptors (Lipinski definition) is 32. The highest BCUT2D eigenvalue weighted by Gasteiger charge is 2.58. The summed E-state index contributed by atoms with van der Waals surface area (Å²) in [6, 6.07) is 0.850. The number of aliphatic hydroxyl groups excluding tert-OH is 1. The van der Waals surface area contributed by atoms with E-state index in [9.17, 15) is 34.6 Å². The molecule has 2 fully saturated rings. The lowest BCUT2D eigenvalue weighted by molar-refractivity contribution is -0.269. The average molecular weight is 1510 g/mol. The third-order valence-electron chi connectivity index (χ3n) is 17.8. The minimum absolute atomic E-state index is 0.00668. The number of aromatic nitrogens is 9. The number of amides is 6. The fourth-order valence-corrected chi connectivity index (χ4v) is 17.0. The third kappa shape index (κ3) is 13.3. The highest BCUT2D eigenvalue weighted by Crippen LogP contribution is 2.49. The van der Waals surface area contributed by atoms with Crippen LogP contribution in [0.4, 0.5) is 0 Å². The molecule has 6 amide bonds. The van der Waals surface area contributed by atoms with Crippen LogP contribution >= 0.6 is 56.7 Å². The molecular formula is C65H60N16O18S5. The van der Waals surface area contributed by atoms with Gasteiger partial charge in [0.15, 0.2) is 18.1 Å². The molecule has 34 nitrogen and oxygen atoms in total. The van der Waals surface area contributed by atoms with E-state index >= 15 is 19.2 Å². The highest BCUT2D eigenvalue weighted by atomic mass is 32.1. The minimum Gasteiger partial charge on any atom is -0.506 e. The molecular weight excluding hydrogens is 1450 g/mol. The molecule has 2 saturated heterocycles. The second kappa shape index (κ2) is 28.3. The largest absolute Gasteiger partial charge is 0.506 e. The van der Waals surface area contributed by atoms with E-state index in [0.717, 1.165) is 56.7 Å². The van der Waals surface area contributed by atoms with Crippen molar-refractivity contribution in [2.75, 3.05) is 20.8 Å². The molecule has 8 aromatic heterocycles. The van der Waals surface area contributed by atoms with Gasteiger partial charge >= 0.3 is 11.9 Å². The molecule has 14 rings (SSSR count). The summed E-state index contributed by atoms with van der Waals surface area (Å²) in [7, 11) is 3.18. The van der Waals surface area contributed by atoms with E-state index < -0.39 is 151 Å². The van der Waals surface area contributed by atoms with Crippen LogP contribution < -0.4 is 32.3 Å². The van der Waals surface area contributed by atoms with Crippen LogP contribution in [0.25, 0.3) is 49.3 Å². The van der Waals surface area contributed by atoms with Crippen LogP contribution in [-0.4, -0.2) is 181 Å². The van der Waals surface area contributed by atoms with Crippen LogP contribution in [0, 0.1) is 0 Å². The van der Waals surface area contributed by atoms with Gasteiger partial charge in [-0.2, -0.15) is 4.73 Å². The quantitative estimate of drug-likeness (QED) is 0.0406. The number of rotatable bonds is 9. The first-order valence-electron chi connectivity index (χ1n) is 31.6. The Bertz CT molecular complexity index is 5030. The number of aliphatic hydroxyl groups is 1. The van der Waals surface area contributed by atoms with E-state index in [1.54, 1.807) is 24.5 Å². The minimum atomic E-state index is -1.90. The van der Waals surface area contributed by atoms with E-state index in [0.29, 0.717) is 15.9 Å². The molecule has 104 heavy (non-hydrogen) atoms. The zero-order valence-electron chi connectivity index (χ0n) is 55.3. The summed E-state index contributed by atoms with van der Waals surface area (Å²) >= 11 is 4.49. The summed E-state index contributed by atoms with van der Waals surface area (Å²) in [5.74, 6) is -8.22. The summed E-state index contributed by atoms with van der Waals surface area (Å²) < 4.78 is 45.8.